The van der Waals surface area contributed by atoms with Gasteiger partial charge in [-0.3, -0.25) is 0 Å². The summed E-state index contributed by atoms with van der Waals surface area (Å²) in [7, 11) is 0. The van der Waals surface area contributed by atoms with Crippen molar-refractivity contribution in [2.45, 2.75) is 16.1 Å². The van der Waals surface area contributed by atoms with Crippen LogP contribution in [-0.2, 0) is 0 Å². The zero-order valence-electron chi connectivity index (χ0n) is 7.54. The summed E-state index contributed by atoms with van der Waals surface area (Å²) in [6.45, 7) is 0.185. The van der Waals surface area contributed by atoms with E-state index >= 15 is 0 Å². The van der Waals surface area contributed by atoms with Crippen molar-refractivity contribution in [3.05, 3.63) is 30.3 Å². The molecule has 0 aromatic heterocycles. The zero-order chi connectivity index (χ0) is 10.0. The van der Waals surface area contributed by atoms with Gasteiger partial charge in [0.25, 0.3) is 5.92 Å². The molecule has 1 aromatic rings. The van der Waals surface area contributed by atoms with Crippen molar-refractivity contribution in [3.8, 4) is 0 Å². The van der Waals surface area contributed by atoms with Crippen LogP contribution in [-0.4, -0.2) is 24.3 Å². The molecule has 1 aliphatic rings. The highest BCUT2D eigenvalue weighted by Gasteiger charge is 2.44. The highest BCUT2D eigenvalue weighted by molar-refractivity contribution is 8.00. The summed E-state index contributed by atoms with van der Waals surface area (Å²) in [6.07, 6.45) is 0. The second-order valence-electron chi connectivity index (χ2n) is 3.31. The van der Waals surface area contributed by atoms with Gasteiger partial charge in [0.1, 0.15) is 0 Å². The maximum Gasteiger partial charge on any atom is 0.273 e. The number of nitrogens with one attached hydrogen (secondary N) is 1. The van der Waals surface area contributed by atoms with Gasteiger partial charge in [-0.05, 0) is 12.1 Å². The zero-order valence-corrected chi connectivity index (χ0v) is 8.36. The van der Waals surface area contributed by atoms with Crippen molar-refractivity contribution >= 4 is 11.8 Å². The van der Waals surface area contributed by atoms with Crippen LogP contribution in [0, 0.1) is 0 Å². The molecule has 1 saturated heterocycles. The van der Waals surface area contributed by atoms with Crippen molar-refractivity contribution in [3.63, 3.8) is 0 Å². The summed E-state index contributed by atoms with van der Waals surface area (Å²) >= 11 is 1.25. The molecule has 4 heteroatoms. The summed E-state index contributed by atoms with van der Waals surface area (Å²) in [5.74, 6) is -2.58. The summed E-state index contributed by atoms with van der Waals surface area (Å²) in [4.78, 5) is 0.904. The van der Waals surface area contributed by atoms with E-state index in [-0.39, 0.29) is 6.54 Å². The van der Waals surface area contributed by atoms with E-state index in [1.54, 1.807) is 0 Å². The van der Waals surface area contributed by atoms with Crippen LogP contribution in [0.15, 0.2) is 35.2 Å². The van der Waals surface area contributed by atoms with E-state index in [4.69, 9.17) is 0 Å². The summed E-state index contributed by atoms with van der Waals surface area (Å²) in [5.41, 5.74) is 0. The smallest absolute Gasteiger partial charge is 0.273 e. The van der Waals surface area contributed by atoms with E-state index in [1.807, 2.05) is 30.3 Å². The molecular weight excluding hydrogens is 204 g/mol. The average Bonchev–Trinajstić information content (AvgIpc) is 2.48. The molecule has 0 unspecified atom stereocenters. The largest absolute Gasteiger partial charge is 0.310 e. The number of rotatable bonds is 2. The van der Waals surface area contributed by atoms with Gasteiger partial charge in [0.05, 0.1) is 11.8 Å². The lowest BCUT2D eigenvalue weighted by Gasteiger charge is -2.16. The highest BCUT2D eigenvalue weighted by atomic mass is 32.2. The fourth-order valence-corrected chi connectivity index (χ4v) is 2.52. The molecule has 1 fully saturated rings. The minimum atomic E-state index is -2.58. The maximum absolute atomic E-state index is 13.2. The third-order valence-corrected chi connectivity index (χ3v) is 3.52. The topological polar surface area (TPSA) is 12.0 Å². The molecule has 1 aliphatic heterocycles. The van der Waals surface area contributed by atoms with Crippen LogP contribution in [0.5, 0.6) is 0 Å². The lowest BCUT2D eigenvalue weighted by atomic mass is 10.3. The monoisotopic (exact) mass is 215 g/mol. The molecule has 1 heterocycles. The Morgan fingerprint density at radius 3 is 2.57 bits per heavy atom. The van der Waals surface area contributed by atoms with Crippen molar-refractivity contribution in [1.82, 2.24) is 5.32 Å². The van der Waals surface area contributed by atoms with Crippen LogP contribution in [0.2, 0.25) is 0 Å². The maximum atomic E-state index is 13.2. The summed E-state index contributed by atoms with van der Waals surface area (Å²) < 4.78 is 26.4. The van der Waals surface area contributed by atoms with Crippen LogP contribution in [0.25, 0.3) is 0 Å². The van der Waals surface area contributed by atoms with Gasteiger partial charge in [-0.25, -0.2) is 8.78 Å². The minimum Gasteiger partial charge on any atom is -0.310 e. The quantitative estimate of drug-likeness (QED) is 0.813. The predicted octanol–water partition coefficient (Wildman–Crippen LogP) is 2.39. The van der Waals surface area contributed by atoms with Crippen molar-refractivity contribution < 1.29 is 8.78 Å². The molecule has 0 radical (unpaired) electrons. The lowest BCUT2D eigenvalue weighted by Crippen LogP contribution is -2.28. The van der Waals surface area contributed by atoms with E-state index < -0.39 is 11.2 Å². The Morgan fingerprint density at radius 2 is 2.00 bits per heavy atom. The van der Waals surface area contributed by atoms with Crippen LogP contribution in [0.1, 0.15) is 0 Å². The van der Waals surface area contributed by atoms with Gasteiger partial charge < -0.3 is 5.32 Å². The van der Waals surface area contributed by atoms with Crippen molar-refractivity contribution in [2.24, 2.45) is 0 Å². The predicted molar refractivity (Wildman–Crippen MR) is 53.9 cm³/mol. The molecule has 0 saturated carbocycles. The van der Waals surface area contributed by atoms with Gasteiger partial charge in [0.2, 0.25) is 0 Å². The first kappa shape index (κ1) is 9.93. The van der Waals surface area contributed by atoms with E-state index in [0.717, 1.165) is 4.90 Å². The Kier molecular flexibility index (Phi) is 2.74. The number of benzene rings is 1. The fraction of sp³-hybridized carbons (Fsp3) is 0.400. The van der Waals surface area contributed by atoms with Gasteiger partial charge >= 0.3 is 0 Å². The Balaban J connectivity index is 2.05. The number of hydrogen-bond donors (Lipinski definition) is 1. The number of hydrogen-bond acceptors (Lipinski definition) is 2. The fourth-order valence-electron chi connectivity index (χ4n) is 1.42. The first-order valence-electron chi connectivity index (χ1n) is 4.49. The molecule has 1 N–H and O–H groups in total. The SMILES string of the molecule is FC1(F)CNC[C@@H]1Sc1ccccc1. The van der Waals surface area contributed by atoms with Gasteiger partial charge in [0, 0.05) is 11.4 Å². The van der Waals surface area contributed by atoms with Gasteiger partial charge in [0.15, 0.2) is 0 Å². The first-order chi connectivity index (χ1) is 6.68. The average molecular weight is 215 g/mol. The Labute approximate surface area is 85.9 Å². The second-order valence-corrected chi connectivity index (χ2v) is 4.59. The molecular formula is C10H11F2NS. The van der Waals surface area contributed by atoms with Crippen molar-refractivity contribution in [1.29, 1.82) is 0 Å². The Hall–Kier alpha value is -0.610. The molecule has 0 bridgehead atoms. The van der Waals surface area contributed by atoms with E-state index in [9.17, 15) is 8.78 Å². The molecule has 1 atom stereocenters. The van der Waals surface area contributed by atoms with Crippen LogP contribution in [0.3, 0.4) is 0 Å². The van der Waals surface area contributed by atoms with Crippen LogP contribution < -0.4 is 5.32 Å². The van der Waals surface area contributed by atoms with Gasteiger partial charge in [-0.1, -0.05) is 18.2 Å². The first-order valence-corrected chi connectivity index (χ1v) is 5.37. The van der Waals surface area contributed by atoms with E-state index in [2.05, 4.69) is 5.32 Å². The van der Waals surface area contributed by atoms with Gasteiger partial charge in [-0.15, -0.1) is 11.8 Å². The molecule has 1 nitrogen and oxygen atoms in total. The van der Waals surface area contributed by atoms with Gasteiger partial charge in [-0.2, -0.15) is 0 Å². The normalized spacial score (nSPS) is 25.1. The summed E-state index contributed by atoms with van der Waals surface area (Å²) in [5, 5.41) is 2.08. The van der Waals surface area contributed by atoms with E-state index in [1.165, 1.54) is 11.8 Å². The number of thioether (sulfide) groups is 1. The molecule has 0 spiro atoms. The lowest BCUT2D eigenvalue weighted by molar-refractivity contribution is 0.0292. The third-order valence-electron chi connectivity index (χ3n) is 2.18. The Bertz CT molecular complexity index is 302. The van der Waals surface area contributed by atoms with Crippen LogP contribution in [0.4, 0.5) is 8.78 Å². The van der Waals surface area contributed by atoms with Crippen LogP contribution >= 0.6 is 11.8 Å². The molecule has 76 valence electrons. The van der Waals surface area contributed by atoms with Crippen molar-refractivity contribution in [2.75, 3.05) is 13.1 Å². The summed E-state index contributed by atoms with van der Waals surface area (Å²) in [6, 6.07) is 9.33. The molecule has 0 amide bonds. The molecule has 0 aliphatic carbocycles. The molecule has 1 aromatic carbocycles. The third kappa shape index (κ3) is 2.07. The molecule has 2 rings (SSSR count). The molecule has 14 heavy (non-hydrogen) atoms. The standard InChI is InChI=1S/C10H11F2NS/c11-10(12)7-13-6-9(10)14-8-4-2-1-3-5-8/h1-5,9,13H,6-7H2/t9-/m0/s1. The Morgan fingerprint density at radius 1 is 1.29 bits per heavy atom. The highest BCUT2D eigenvalue weighted by Crippen LogP contribution is 2.35. The number of halogens is 2. The van der Waals surface area contributed by atoms with E-state index in [0.29, 0.717) is 6.54 Å². The second kappa shape index (κ2) is 3.87. The minimum absolute atomic E-state index is 0.197. The number of alkyl halides is 2.